The summed E-state index contributed by atoms with van der Waals surface area (Å²) in [5.74, 6) is -1.59. The van der Waals surface area contributed by atoms with Crippen molar-refractivity contribution in [2.24, 2.45) is 5.92 Å². The van der Waals surface area contributed by atoms with E-state index in [0.29, 0.717) is 13.2 Å². The second-order valence-electron chi connectivity index (χ2n) is 4.85. The lowest BCUT2D eigenvalue weighted by Gasteiger charge is -2.31. The van der Waals surface area contributed by atoms with E-state index in [4.69, 9.17) is 14.6 Å². The first-order chi connectivity index (χ1) is 9.54. The Morgan fingerprint density at radius 1 is 1.45 bits per heavy atom. The van der Waals surface area contributed by atoms with Crippen LogP contribution in [0.1, 0.15) is 20.3 Å². The molecule has 7 nitrogen and oxygen atoms in total. The number of urea groups is 1. The number of likely N-dealkylation sites (N-methyl/N-ethyl adjacent to an activating group) is 1. The van der Waals surface area contributed by atoms with Gasteiger partial charge in [0.15, 0.2) is 0 Å². The number of hydrogen-bond acceptors (Lipinski definition) is 4. The van der Waals surface area contributed by atoms with E-state index in [9.17, 15) is 9.59 Å². The van der Waals surface area contributed by atoms with Crippen LogP contribution in [0.4, 0.5) is 4.79 Å². The van der Waals surface area contributed by atoms with Crippen LogP contribution in [0, 0.1) is 5.92 Å². The lowest BCUT2D eigenvalue weighted by atomic mass is 10.0. The number of nitrogens with one attached hydrogen (secondary N) is 1. The van der Waals surface area contributed by atoms with Crippen molar-refractivity contribution in [2.75, 3.05) is 33.5 Å². The minimum absolute atomic E-state index is 0.0767. The van der Waals surface area contributed by atoms with Crippen LogP contribution in [0.2, 0.25) is 0 Å². The first-order valence-electron chi connectivity index (χ1n) is 6.91. The van der Waals surface area contributed by atoms with E-state index in [1.165, 1.54) is 4.90 Å². The van der Waals surface area contributed by atoms with E-state index >= 15 is 0 Å². The first kappa shape index (κ1) is 16.7. The fourth-order valence-electron chi connectivity index (χ4n) is 2.34. The van der Waals surface area contributed by atoms with Crippen LogP contribution in [0.3, 0.4) is 0 Å². The maximum atomic E-state index is 12.3. The number of ether oxygens (including phenoxy) is 2. The quantitative estimate of drug-likeness (QED) is 0.714. The average molecular weight is 288 g/mol. The van der Waals surface area contributed by atoms with Gasteiger partial charge in [0.2, 0.25) is 0 Å². The summed E-state index contributed by atoms with van der Waals surface area (Å²) < 4.78 is 10.3. The Balaban J connectivity index is 2.69. The maximum absolute atomic E-state index is 12.3. The fraction of sp³-hybridized carbons (Fsp3) is 0.846. The summed E-state index contributed by atoms with van der Waals surface area (Å²) in [7, 11) is 1.58. The molecule has 0 saturated carbocycles. The van der Waals surface area contributed by atoms with Gasteiger partial charge in [0.25, 0.3) is 0 Å². The average Bonchev–Trinajstić information content (AvgIpc) is 2.88. The SMILES string of the molecule is CCC(COC)NC(=O)N(CC)C1COCC1C(=O)O. The number of nitrogens with zero attached hydrogens (tertiary/aromatic N) is 1. The highest BCUT2D eigenvalue weighted by Crippen LogP contribution is 2.20. The van der Waals surface area contributed by atoms with Crippen LogP contribution < -0.4 is 5.32 Å². The third-order valence-corrected chi connectivity index (χ3v) is 3.56. The van der Waals surface area contributed by atoms with Gasteiger partial charge >= 0.3 is 12.0 Å². The largest absolute Gasteiger partial charge is 0.481 e. The molecule has 2 amide bonds. The number of aliphatic carboxylic acids is 1. The van der Waals surface area contributed by atoms with Gasteiger partial charge in [0.05, 0.1) is 31.9 Å². The van der Waals surface area contributed by atoms with Crippen LogP contribution in [-0.2, 0) is 14.3 Å². The van der Waals surface area contributed by atoms with Gasteiger partial charge in [-0.2, -0.15) is 0 Å². The molecule has 3 atom stereocenters. The van der Waals surface area contributed by atoms with Crippen molar-refractivity contribution in [1.29, 1.82) is 0 Å². The van der Waals surface area contributed by atoms with Gasteiger partial charge in [0, 0.05) is 13.7 Å². The highest BCUT2D eigenvalue weighted by molar-refractivity contribution is 5.77. The van der Waals surface area contributed by atoms with Gasteiger partial charge in [-0.25, -0.2) is 4.79 Å². The topological polar surface area (TPSA) is 88.1 Å². The van der Waals surface area contributed by atoms with Gasteiger partial charge in [-0.15, -0.1) is 0 Å². The molecule has 20 heavy (non-hydrogen) atoms. The number of carbonyl (C=O) groups is 2. The lowest BCUT2D eigenvalue weighted by Crippen LogP contribution is -2.53. The smallest absolute Gasteiger partial charge is 0.318 e. The maximum Gasteiger partial charge on any atom is 0.318 e. The number of hydrogen-bond donors (Lipinski definition) is 2. The van der Waals surface area contributed by atoms with Crippen LogP contribution in [0.25, 0.3) is 0 Å². The molecule has 116 valence electrons. The van der Waals surface area contributed by atoms with Crippen molar-refractivity contribution in [3.8, 4) is 0 Å². The third-order valence-electron chi connectivity index (χ3n) is 3.56. The molecular weight excluding hydrogens is 264 g/mol. The van der Waals surface area contributed by atoms with E-state index in [1.54, 1.807) is 7.11 Å². The summed E-state index contributed by atoms with van der Waals surface area (Å²) in [6, 6.07) is -0.761. The zero-order valence-corrected chi connectivity index (χ0v) is 12.3. The Labute approximate surface area is 119 Å². The zero-order chi connectivity index (χ0) is 15.1. The second kappa shape index (κ2) is 8.06. The lowest BCUT2D eigenvalue weighted by molar-refractivity contribution is -0.142. The number of methoxy groups -OCH3 is 1. The number of carbonyl (C=O) groups excluding carboxylic acids is 1. The minimum Gasteiger partial charge on any atom is -0.481 e. The molecule has 3 unspecified atom stereocenters. The molecule has 7 heteroatoms. The van der Waals surface area contributed by atoms with E-state index < -0.39 is 17.9 Å². The molecule has 1 aliphatic rings. The van der Waals surface area contributed by atoms with Crippen LogP contribution >= 0.6 is 0 Å². The fourth-order valence-corrected chi connectivity index (χ4v) is 2.34. The molecule has 1 heterocycles. The van der Waals surface area contributed by atoms with E-state index in [-0.39, 0.29) is 25.3 Å². The Morgan fingerprint density at radius 3 is 2.65 bits per heavy atom. The van der Waals surface area contributed by atoms with E-state index in [0.717, 1.165) is 6.42 Å². The molecule has 1 saturated heterocycles. The Hall–Kier alpha value is -1.34. The molecular formula is C13H24N2O5. The standard InChI is InChI=1S/C13H24N2O5/c1-4-9(6-19-3)14-13(18)15(5-2)11-8-20-7-10(11)12(16)17/h9-11H,4-8H2,1-3H3,(H,14,18)(H,16,17). The van der Waals surface area contributed by atoms with Crippen molar-refractivity contribution >= 4 is 12.0 Å². The van der Waals surface area contributed by atoms with Crippen molar-refractivity contribution in [1.82, 2.24) is 10.2 Å². The number of carboxylic acids is 1. The van der Waals surface area contributed by atoms with E-state index in [2.05, 4.69) is 5.32 Å². The van der Waals surface area contributed by atoms with Gasteiger partial charge in [-0.3, -0.25) is 4.79 Å². The molecule has 0 bridgehead atoms. The van der Waals surface area contributed by atoms with Crippen molar-refractivity contribution in [2.45, 2.75) is 32.4 Å². The summed E-state index contributed by atoms with van der Waals surface area (Å²) >= 11 is 0. The first-order valence-corrected chi connectivity index (χ1v) is 6.91. The Kier molecular flexibility index (Phi) is 6.74. The zero-order valence-electron chi connectivity index (χ0n) is 12.3. The number of amides is 2. The third kappa shape index (κ3) is 4.08. The highest BCUT2D eigenvalue weighted by atomic mass is 16.5. The van der Waals surface area contributed by atoms with Gasteiger partial charge in [0.1, 0.15) is 5.92 Å². The van der Waals surface area contributed by atoms with Crippen LogP contribution in [0.15, 0.2) is 0 Å². The van der Waals surface area contributed by atoms with Crippen LogP contribution in [-0.4, -0.2) is 67.6 Å². The molecule has 1 fully saturated rings. The van der Waals surface area contributed by atoms with Gasteiger partial charge in [-0.1, -0.05) is 6.92 Å². The molecule has 0 spiro atoms. The molecule has 1 aliphatic heterocycles. The molecule has 0 aliphatic carbocycles. The Morgan fingerprint density at radius 2 is 2.15 bits per heavy atom. The van der Waals surface area contributed by atoms with Gasteiger partial charge < -0.3 is 24.8 Å². The normalized spacial score (nSPS) is 23.4. The number of rotatable bonds is 7. The summed E-state index contributed by atoms with van der Waals surface area (Å²) in [4.78, 5) is 25.0. The highest BCUT2D eigenvalue weighted by Gasteiger charge is 2.39. The van der Waals surface area contributed by atoms with Crippen molar-refractivity contribution in [3.63, 3.8) is 0 Å². The van der Waals surface area contributed by atoms with Crippen LogP contribution in [0.5, 0.6) is 0 Å². The molecule has 0 radical (unpaired) electrons. The second-order valence-corrected chi connectivity index (χ2v) is 4.85. The predicted molar refractivity (Wildman–Crippen MR) is 72.6 cm³/mol. The summed E-state index contributed by atoms with van der Waals surface area (Å²) in [6.45, 7) is 5.07. The van der Waals surface area contributed by atoms with Crippen molar-refractivity contribution in [3.05, 3.63) is 0 Å². The Bertz CT molecular complexity index is 337. The summed E-state index contributed by atoms with van der Waals surface area (Å²) in [5, 5.41) is 12.0. The predicted octanol–water partition coefficient (Wildman–Crippen LogP) is 0.543. The molecule has 0 aromatic carbocycles. The van der Waals surface area contributed by atoms with Gasteiger partial charge in [-0.05, 0) is 13.3 Å². The summed E-state index contributed by atoms with van der Waals surface area (Å²) in [6.07, 6.45) is 0.751. The molecule has 0 aromatic rings. The minimum atomic E-state index is -0.928. The van der Waals surface area contributed by atoms with Crippen molar-refractivity contribution < 1.29 is 24.2 Å². The monoisotopic (exact) mass is 288 g/mol. The number of carboxylic acid groups (broad SMARTS) is 1. The molecule has 0 aromatic heterocycles. The molecule has 2 N–H and O–H groups in total. The molecule has 1 rings (SSSR count). The summed E-state index contributed by atoms with van der Waals surface area (Å²) in [5.41, 5.74) is 0. The van der Waals surface area contributed by atoms with E-state index in [1.807, 2.05) is 13.8 Å².